The molecule has 5 nitrogen and oxygen atoms in total. The minimum atomic E-state index is -0.537. The first-order valence-corrected chi connectivity index (χ1v) is 8.20. The van der Waals surface area contributed by atoms with Gasteiger partial charge in [0.2, 0.25) is 0 Å². The van der Waals surface area contributed by atoms with Crippen LogP contribution in [0, 0.1) is 0 Å². The molecule has 1 fully saturated rings. The molecule has 1 heterocycles. The van der Waals surface area contributed by atoms with E-state index in [1.807, 2.05) is 30.3 Å². The second-order valence-electron chi connectivity index (χ2n) is 5.91. The Kier molecular flexibility index (Phi) is 5.21. The Bertz CT molecular complexity index is 759. The molecular formula is C19H20N2O3. The van der Waals surface area contributed by atoms with Crippen molar-refractivity contribution in [1.29, 1.82) is 0 Å². The Balaban J connectivity index is 1.54. The molecule has 0 radical (unpaired) electrons. The number of rotatable bonds is 5. The van der Waals surface area contributed by atoms with E-state index in [0.29, 0.717) is 0 Å². The molecule has 1 aromatic carbocycles. The predicted octanol–water partition coefficient (Wildman–Crippen LogP) is 2.85. The second kappa shape index (κ2) is 7.73. The summed E-state index contributed by atoms with van der Waals surface area (Å²) in [6.07, 6.45) is 9.00. The largest absolute Gasteiger partial charge is 0.452 e. The molecule has 3 rings (SSSR count). The number of hydrogen-bond acceptors (Lipinski definition) is 4. The maximum absolute atomic E-state index is 11.8. The van der Waals surface area contributed by atoms with Crippen LogP contribution in [-0.2, 0) is 14.3 Å². The number of pyridine rings is 1. The number of nitrogens with zero attached hydrogens (tertiary/aromatic N) is 1. The molecule has 1 aliphatic carbocycles. The van der Waals surface area contributed by atoms with E-state index in [2.05, 4.69) is 10.3 Å². The molecule has 0 saturated heterocycles. The van der Waals surface area contributed by atoms with Crippen LogP contribution in [0.25, 0.3) is 17.0 Å². The maximum Gasteiger partial charge on any atom is 0.331 e. The molecule has 1 saturated carbocycles. The van der Waals surface area contributed by atoms with E-state index >= 15 is 0 Å². The number of hydrogen-bond donors (Lipinski definition) is 1. The summed E-state index contributed by atoms with van der Waals surface area (Å²) in [4.78, 5) is 27.8. The third-order valence-electron chi connectivity index (χ3n) is 4.13. The predicted molar refractivity (Wildman–Crippen MR) is 92.1 cm³/mol. The van der Waals surface area contributed by atoms with Gasteiger partial charge in [0.05, 0.1) is 5.52 Å². The summed E-state index contributed by atoms with van der Waals surface area (Å²) < 4.78 is 4.99. The summed E-state index contributed by atoms with van der Waals surface area (Å²) in [6, 6.07) is 9.81. The lowest BCUT2D eigenvalue weighted by atomic mass is 10.1. The summed E-state index contributed by atoms with van der Waals surface area (Å²) in [5.74, 6) is -0.778. The minimum Gasteiger partial charge on any atom is -0.452 e. The Hall–Kier alpha value is -2.69. The molecule has 0 spiro atoms. The van der Waals surface area contributed by atoms with Gasteiger partial charge >= 0.3 is 5.97 Å². The molecule has 1 aliphatic rings. The van der Waals surface area contributed by atoms with E-state index in [-0.39, 0.29) is 18.6 Å². The van der Waals surface area contributed by atoms with Crippen LogP contribution in [0.1, 0.15) is 31.2 Å². The van der Waals surface area contributed by atoms with Crippen LogP contribution in [0.5, 0.6) is 0 Å². The van der Waals surface area contributed by atoms with Crippen LogP contribution in [0.2, 0.25) is 0 Å². The molecule has 124 valence electrons. The first-order valence-electron chi connectivity index (χ1n) is 8.20. The van der Waals surface area contributed by atoms with Gasteiger partial charge in [-0.2, -0.15) is 0 Å². The number of amides is 1. The van der Waals surface area contributed by atoms with Gasteiger partial charge in [0.15, 0.2) is 6.61 Å². The van der Waals surface area contributed by atoms with Crippen molar-refractivity contribution in [1.82, 2.24) is 10.3 Å². The fourth-order valence-corrected chi connectivity index (χ4v) is 2.94. The molecule has 1 aromatic heterocycles. The van der Waals surface area contributed by atoms with Crippen LogP contribution in [0.3, 0.4) is 0 Å². The lowest BCUT2D eigenvalue weighted by Crippen LogP contribution is -2.35. The standard InChI is InChI=1S/C19H20N2O3/c22-17(21-16-8-1-2-9-16)13-24-18(23)11-10-15-6-3-5-14-7-4-12-20-19(14)15/h3-7,10-12,16H,1-2,8-9,13H2,(H,21,22)/b11-10+. The molecule has 0 aliphatic heterocycles. The lowest BCUT2D eigenvalue weighted by Gasteiger charge is -2.11. The highest BCUT2D eigenvalue weighted by atomic mass is 16.5. The fourth-order valence-electron chi connectivity index (χ4n) is 2.94. The van der Waals surface area contributed by atoms with Gasteiger partial charge in [-0.25, -0.2) is 4.79 Å². The number of aromatic nitrogens is 1. The average molecular weight is 324 g/mol. The maximum atomic E-state index is 11.8. The fraction of sp³-hybridized carbons (Fsp3) is 0.316. The Labute approximate surface area is 140 Å². The number of carbonyl (C=O) groups is 2. The first kappa shape index (κ1) is 16.2. The molecule has 0 atom stereocenters. The minimum absolute atomic E-state index is 0.230. The first-order chi connectivity index (χ1) is 11.7. The molecule has 5 heteroatoms. The summed E-state index contributed by atoms with van der Waals surface area (Å²) in [5.41, 5.74) is 1.66. The van der Waals surface area contributed by atoms with Gasteiger partial charge in [-0.3, -0.25) is 9.78 Å². The quantitative estimate of drug-likeness (QED) is 0.678. The van der Waals surface area contributed by atoms with E-state index in [1.54, 1.807) is 12.3 Å². The topological polar surface area (TPSA) is 68.3 Å². The molecular weight excluding hydrogens is 304 g/mol. The van der Waals surface area contributed by atoms with E-state index in [4.69, 9.17) is 4.74 Å². The van der Waals surface area contributed by atoms with Crippen LogP contribution in [0.4, 0.5) is 0 Å². The number of fused-ring (bicyclic) bond motifs is 1. The highest BCUT2D eigenvalue weighted by Gasteiger charge is 2.17. The van der Waals surface area contributed by atoms with Crippen molar-refractivity contribution in [2.24, 2.45) is 0 Å². The molecule has 2 aromatic rings. The Morgan fingerprint density at radius 1 is 1.21 bits per heavy atom. The van der Waals surface area contributed by atoms with Gasteiger partial charge in [-0.15, -0.1) is 0 Å². The number of ether oxygens (including phenoxy) is 1. The summed E-state index contributed by atoms with van der Waals surface area (Å²) in [7, 11) is 0. The zero-order valence-corrected chi connectivity index (χ0v) is 13.4. The third-order valence-corrected chi connectivity index (χ3v) is 4.13. The van der Waals surface area contributed by atoms with E-state index in [9.17, 15) is 9.59 Å². The van der Waals surface area contributed by atoms with Crippen LogP contribution in [0.15, 0.2) is 42.6 Å². The average Bonchev–Trinajstić information content (AvgIpc) is 3.11. The van der Waals surface area contributed by atoms with Gasteiger partial charge < -0.3 is 10.1 Å². The SMILES string of the molecule is O=C(COC(=O)/C=C/c1cccc2cccnc12)NC1CCCC1. The Morgan fingerprint density at radius 2 is 2.00 bits per heavy atom. The number of para-hydroxylation sites is 1. The Morgan fingerprint density at radius 3 is 2.83 bits per heavy atom. The molecule has 1 N–H and O–H groups in total. The highest BCUT2D eigenvalue weighted by Crippen LogP contribution is 2.18. The number of carbonyl (C=O) groups excluding carboxylic acids is 2. The summed E-state index contributed by atoms with van der Waals surface area (Å²) in [6.45, 7) is -0.243. The van der Waals surface area contributed by atoms with Crippen molar-refractivity contribution in [2.75, 3.05) is 6.61 Å². The van der Waals surface area contributed by atoms with Gasteiger partial charge in [0.1, 0.15) is 0 Å². The lowest BCUT2D eigenvalue weighted by molar-refractivity contribution is -0.144. The molecule has 24 heavy (non-hydrogen) atoms. The van der Waals surface area contributed by atoms with E-state index in [1.165, 1.54) is 6.08 Å². The van der Waals surface area contributed by atoms with E-state index < -0.39 is 5.97 Å². The smallest absolute Gasteiger partial charge is 0.331 e. The molecule has 0 bridgehead atoms. The van der Waals surface area contributed by atoms with Crippen molar-refractivity contribution in [3.05, 3.63) is 48.2 Å². The van der Waals surface area contributed by atoms with Crippen molar-refractivity contribution < 1.29 is 14.3 Å². The van der Waals surface area contributed by atoms with Gasteiger partial charge in [0.25, 0.3) is 5.91 Å². The zero-order chi connectivity index (χ0) is 16.8. The van der Waals surface area contributed by atoms with Crippen LogP contribution >= 0.6 is 0 Å². The van der Waals surface area contributed by atoms with Crippen molar-refractivity contribution in [3.63, 3.8) is 0 Å². The highest BCUT2D eigenvalue weighted by molar-refractivity contribution is 5.93. The zero-order valence-electron chi connectivity index (χ0n) is 13.4. The van der Waals surface area contributed by atoms with Gasteiger partial charge in [-0.1, -0.05) is 37.1 Å². The van der Waals surface area contributed by atoms with E-state index in [0.717, 1.165) is 42.1 Å². The summed E-state index contributed by atoms with van der Waals surface area (Å²) in [5, 5.41) is 3.89. The molecule has 1 amide bonds. The van der Waals surface area contributed by atoms with Crippen LogP contribution in [-0.4, -0.2) is 29.5 Å². The van der Waals surface area contributed by atoms with Gasteiger partial charge in [-0.05, 0) is 25.0 Å². The number of nitrogens with one attached hydrogen (secondary N) is 1. The second-order valence-corrected chi connectivity index (χ2v) is 5.91. The van der Waals surface area contributed by atoms with Gasteiger partial charge in [0, 0.05) is 29.3 Å². The van der Waals surface area contributed by atoms with Crippen molar-refractivity contribution in [2.45, 2.75) is 31.7 Å². The molecule has 0 unspecified atom stereocenters. The number of benzene rings is 1. The monoisotopic (exact) mass is 324 g/mol. The van der Waals surface area contributed by atoms with Crippen LogP contribution < -0.4 is 5.32 Å². The summed E-state index contributed by atoms with van der Waals surface area (Å²) >= 11 is 0. The normalized spacial score (nSPS) is 15.0. The third kappa shape index (κ3) is 4.19. The van der Waals surface area contributed by atoms with Crippen molar-refractivity contribution >= 4 is 28.9 Å². The van der Waals surface area contributed by atoms with Crippen molar-refractivity contribution in [3.8, 4) is 0 Å². The number of esters is 1.